The van der Waals surface area contributed by atoms with Gasteiger partial charge in [0.1, 0.15) is 5.75 Å². The molecule has 0 bridgehead atoms. The highest BCUT2D eigenvalue weighted by molar-refractivity contribution is 7.80. The number of rotatable bonds is 4. The SMILES string of the molecule is Nc1nc2c(c(=O)n1C(c1ccccc1)c1ccccc1)CCN(C(=O)Oc1ccc(S)cc1)C2. The molecule has 8 heteroatoms. The maximum Gasteiger partial charge on any atom is 0.415 e. The van der Waals surface area contributed by atoms with Crippen LogP contribution in [-0.2, 0) is 13.0 Å². The number of anilines is 1. The molecule has 1 aliphatic heterocycles. The lowest BCUT2D eigenvalue weighted by Gasteiger charge is -2.29. The van der Waals surface area contributed by atoms with Crippen molar-refractivity contribution >= 4 is 24.7 Å². The third-order valence-corrected chi connectivity index (χ3v) is 6.38. The Hall–Kier alpha value is -4.04. The van der Waals surface area contributed by atoms with Gasteiger partial charge in [-0.3, -0.25) is 9.36 Å². The summed E-state index contributed by atoms with van der Waals surface area (Å²) < 4.78 is 7.02. The van der Waals surface area contributed by atoms with Crippen molar-refractivity contribution in [3.8, 4) is 5.75 Å². The fourth-order valence-corrected chi connectivity index (χ4v) is 4.52. The van der Waals surface area contributed by atoms with Crippen LogP contribution in [0, 0.1) is 0 Å². The molecule has 4 aromatic rings. The van der Waals surface area contributed by atoms with Gasteiger partial charge in [0, 0.05) is 17.0 Å². The Labute approximate surface area is 208 Å². The van der Waals surface area contributed by atoms with Gasteiger partial charge < -0.3 is 15.4 Å². The van der Waals surface area contributed by atoms with Crippen molar-refractivity contribution in [1.82, 2.24) is 14.5 Å². The van der Waals surface area contributed by atoms with E-state index in [0.29, 0.717) is 30.0 Å². The monoisotopic (exact) mass is 484 g/mol. The second-order valence-corrected chi connectivity index (χ2v) is 8.84. The zero-order chi connectivity index (χ0) is 24.4. The van der Waals surface area contributed by atoms with E-state index < -0.39 is 12.1 Å². The standard InChI is InChI=1S/C27H24N4O3S/c28-26-29-23-17-30(27(33)34-20-11-13-21(35)14-12-20)16-15-22(23)25(32)31(26)24(18-7-3-1-4-8-18)19-9-5-2-6-10-19/h1-14,24,35H,15-17H2,(H2,28,29). The molecule has 0 atom stereocenters. The van der Waals surface area contributed by atoms with Crippen LogP contribution >= 0.6 is 12.6 Å². The predicted octanol–water partition coefficient (Wildman–Crippen LogP) is 4.31. The van der Waals surface area contributed by atoms with E-state index in [1.165, 1.54) is 4.90 Å². The molecular formula is C27H24N4O3S. The summed E-state index contributed by atoms with van der Waals surface area (Å²) in [4.78, 5) is 33.3. The average Bonchev–Trinajstić information content (AvgIpc) is 2.88. The molecule has 7 nitrogen and oxygen atoms in total. The van der Waals surface area contributed by atoms with Crippen LogP contribution in [0.1, 0.15) is 28.4 Å². The highest BCUT2D eigenvalue weighted by Crippen LogP contribution is 2.28. The van der Waals surface area contributed by atoms with Crippen molar-refractivity contribution in [3.05, 3.63) is 118 Å². The number of carbonyl (C=O) groups excluding carboxylic acids is 1. The smallest absolute Gasteiger partial charge is 0.410 e. The van der Waals surface area contributed by atoms with E-state index in [1.807, 2.05) is 60.7 Å². The number of nitrogen functional groups attached to an aromatic ring is 1. The minimum atomic E-state index is -0.501. The van der Waals surface area contributed by atoms with Crippen molar-refractivity contribution < 1.29 is 9.53 Å². The molecule has 1 aliphatic rings. The number of ether oxygens (including phenoxy) is 1. The Bertz CT molecular complexity index is 1370. The molecular weight excluding hydrogens is 460 g/mol. The van der Waals surface area contributed by atoms with E-state index in [4.69, 9.17) is 10.5 Å². The molecule has 2 heterocycles. The molecule has 0 saturated carbocycles. The van der Waals surface area contributed by atoms with Crippen molar-refractivity contribution in [1.29, 1.82) is 0 Å². The first-order chi connectivity index (χ1) is 17.0. The van der Waals surface area contributed by atoms with Crippen LogP contribution < -0.4 is 16.0 Å². The summed E-state index contributed by atoms with van der Waals surface area (Å²) in [6.07, 6.45) is -0.138. The van der Waals surface area contributed by atoms with Gasteiger partial charge in [0.2, 0.25) is 5.95 Å². The number of amides is 1. The summed E-state index contributed by atoms with van der Waals surface area (Å²) in [6, 6.07) is 25.9. The predicted molar refractivity (Wildman–Crippen MR) is 137 cm³/mol. The van der Waals surface area contributed by atoms with Crippen LogP contribution in [0.3, 0.4) is 0 Å². The molecule has 0 radical (unpaired) electrons. The summed E-state index contributed by atoms with van der Waals surface area (Å²) in [7, 11) is 0. The molecule has 0 aliphatic carbocycles. The number of hydrogen-bond donors (Lipinski definition) is 2. The Morgan fingerprint density at radius 2 is 1.54 bits per heavy atom. The Morgan fingerprint density at radius 1 is 0.943 bits per heavy atom. The van der Waals surface area contributed by atoms with E-state index in [0.717, 1.165) is 16.0 Å². The van der Waals surface area contributed by atoms with Gasteiger partial charge in [-0.25, -0.2) is 9.78 Å². The molecule has 2 N–H and O–H groups in total. The number of nitrogens with two attached hydrogens (primary N) is 1. The maximum atomic E-state index is 13.7. The third kappa shape index (κ3) is 4.65. The molecule has 3 aromatic carbocycles. The average molecular weight is 485 g/mol. The molecule has 1 amide bonds. The second-order valence-electron chi connectivity index (χ2n) is 8.33. The normalized spacial score (nSPS) is 12.9. The van der Waals surface area contributed by atoms with Crippen LogP contribution in [0.2, 0.25) is 0 Å². The number of carbonyl (C=O) groups is 1. The topological polar surface area (TPSA) is 90.5 Å². The van der Waals surface area contributed by atoms with Gasteiger partial charge in [-0.1, -0.05) is 60.7 Å². The second kappa shape index (κ2) is 9.68. The number of nitrogens with zero attached hydrogens (tertiary/aromatic N) is 3. The van der Waals surface area contributed by atoms with E-state index in [-0.39, 0.29) is 18.1 Å². The fourth-order valence-electron chi connectivity index (χ4n) is 4.37. The highest BCUT2D eigenvalue weighted by Gasteiger charge is 2.29. The largest absolute Gasteiger partial charge is 0.415 e. The first-order valence-corrected chi connectivity index (χ1v) is 11.7. The Balaban J connectivity index is 1.48. The highest BCUT2D eigenvalue weighted by atomic mass is 32.1. The van der Waals surface area contributed by atoms with Crippen LogP contribution in [0.15, 0.2) is 94.6 Å². The van der Waals surface area contributed by atoms with Gasteiger partial charge in [-0.2, -0.15) is 0 Å². The van der Waals surface area contributed by atoms with Gasteiger partial charge in [0.25, 0.3) is 5.56 Å². The van der Waals surface area contributed by atoms with E-state index in [2.05, 4.69) is 17.6 Å². The van der Waals surface area contributed by atoms with Gasteiger partial charge in [0.15, 0.2) is 0 Å². The quantitative estimate of drug-likeness (QED) is 0.422. The minimum absolute atomic E-state index is 0.103. The van der Waals surface area contributed by atoms with E-state index in [1.54, 1.807) is 28.8 Å². The zero-order valence-corrected chi connectivity index (χ0v) is 19.8. The number of fused-ring (bicyclic) bond motifs is 1. The summed E-state index contributed by atoms with van der Waals surface area (Å²) in [5.41, 5.74) is 9.13. The number of benzene rings is 3. The first kappa shape index (κ1) is 22.7. The van der Waals surface area contributed by atoms with Crippen molar-refractivity contribution in [3.63, 3.8) is 0 Å². The Kier molecular flexibility index (Phi) is 6.29. The number of hydrogen-bond acceptors (Lipinski definition) is 6. The number of aromatic nitrogens is 2. The van der Waals surface area contributed by atoms with Gasteiger partial charge in [-0.15, -0.1) is 12.6 Å². The molecule has 35 heavy (non-hydrogen) atoms. The molecule has 0 saturated heterocycles. The Morgan fingerprint density at radius 3 is 2.14 bits per heavy atom. The van der Waals surface area contributed by atoms with Crippen molar-refractivity contribution in [2.45, 2.75) is 23.9 Å². The maximum absolute atomic E-state index is 13.7. The van der Waals surface area contributed by atoms with Gasteiger partial charge in [-0.05, 0) is 41.8 Å². The van der Waals surface area contributed by atoms with Crippen molar-refractivity contribution in [2.24, 2.45) is 0 Å². The summed E-state index contributed by atoms with van der Waals surface area (Å²) in [5, 5.41) is 0. The molecule has 0 spiro atoms. The zero-order valence-electron chi connectivity index (χ0n) is 18.9. The minimum Gasteiger partial charge on any atom is -0.410 e. The lowest BCUT2D eigenvalue weighted by atomic mass is 9.97. The lowest BCUT2D eigenvalue weighted by Crippen LogP contribution is -2.43. The fraction of sp³-hybridized carbons (Fsp3) is 0.148. The molecule has 0 unspecified atom stereocenters. The van der Waals surface area contributed by atoms with Gasteiger partial charge in [0.05, 0.1) is 18.3 Å². The van der Waals surface area contributed by atoms with Crippen LogP contribution in [0.25, 0.3) is 0 Å². The molecule has 5 rings (SSSR count). The van der Waals surface area contributed by atoms with Crippen LogP contribution in [0.5, 0.6) is 5.75 Å². The van der Waals surface area contributed by atoms with Crippen LogP contribution in [-0.4, -0.2) is 27.1 Å². The first-order valence-electron chi connectivity index (χ1n) is 11.3. The third-order valence-electron chi connectivity index (χ3n) is 6.08. The van der Waals surface area contributed by atoms with E-state index >= 15 is 0 Å². The van der Waals surface area contributed by atoms with E-state index in [9.17, 15) is 9.59 Å². The van der Waals surface area contributed by atoms with Crippen molar-refractivity contribution in [2.75, 3.05) is 12.3 Å². The number of thiol groups is 1. The lowest BCUT2D eigenvalue weighted by molar-refractivity contribution is 0.145. The van der Waals surface area contributed by atoms with Crippen LogP contribution in [0.4, 0.5) is 10.7 Å². The molecule has 176 valence electrons. The van der Waals surface area contributed by atoms with Gasteiger partial charge >= 0.3 is 6.09 Å². The summed E-state index contributed by atoms with van der Waals surface area (Å²) in [6.45, 7) is 0.499. The summed E-state index contributed by atoms with van der Waals surface area (Å²) in [5.74, 6) is 0.529. The molecule has 0 fully saturated rings. The summed E-state index contributed by atoms with van der Waals surface area (Å²) >= 11 is 4.24. The molecule has 1 aromatic heterocycles.